The first-order valence-corrected chi connectivity index (χ1v) is 8.61. The number of hydrogen-bond donors (Lipinski definition) is 2. The monoisotopic (exact) mass is 395 g/mol. The van der Waals surface area contributed by atoms with Crippen molar-refractivity contribution in [1.29, 1.82) is 5.26 Å². The molecule has 4 aromatic rings. The molecule has 0 radical (unpaired) electrons. The van der Waals surface area contributed by atoms with Crippen molar-refractivity contribution in [2.75, 3.05) is 5.32 Å². The van der Waals surface area contributed by atoms with Crippen LogP contribution in [0.3, 0.4) is 0 Å². The SMILES string of the molecule is Cc1cc(Nc2ncnc3nc(-c4c(Cl)cccc4Cl)[nH]c23)ncc1C#N. The number of nitriles is 1. The molecule has 0 saturated carbocycles. The van der Waals surface area contributed by atoms with Gasteiger partial charge < -0.3 is 10.3 Å². The molecule has 27 heavy (non-hydrogen) atoms. The fourth-order valence-corrected chi connectivity index (χ4v) is 3.20. The number of aryl methyl sites for hydroxylation is 1. The standard InChI is InChI=1S/C18H11Cl2N7/c1-9-5-13(22-7-10(9)6-21)25-17-15-18(24-8-23-17)27-16(26-15)14-11(19)3-2-4-12(14)20/h2-5,7-8H,1H3,(H2,22,23,24,25,26,27). The lowest BCUT2D eigenvalue weighted by Crippen LogP contribution is -1.99. The Hall–Kier alpha value is -3.21. The molecule has 0 saturated heterocycles. The number of halogens is 2. The van der Waals surface area contributed by atoms with Gasteiger partial charge in [-0.3, -0.25) is 0 Å². The lowest BCUT2D eigenvalue weighted by Gasteiger charge is -2.06. The molecule has 4 rings (SSSR count). The van der Waals surface area contributed by atoms with Crippen molar-refractivity contribution >= 4 is 46.0 Å². The summed E-state index contributed by atoms with van der Waals surface area (Å²) in [5.41, 5.74) is 2.98. The minimum absolute atomic E-state index is 0.462. The molecular weight excluding hydrogens is 385 g/mol. The van der Waals surface area contributed by atoms with Gasteiger partial charge in [0, 0.05) is 6.20 Å². The van der Waals surface area contributed by atoms with Crippen LogP contribution in [0.15, 0.2) is 36.8 Å². The van der Waals surface area contributed by atoms with Crippen molar-refractivity contribution in [3.8, 4) is 17.5 Å². The number of fused-ring (bicyclic) bond motifs is 1. The van der Waals surface area contributed by atoms with Crippen molar-refractivity contribution in [2.24, 2.45) is 0 Å². The predicted octanol–water partition coefficient (Wildman–Crippen LogP) is 4.65. The van der Waals surface area contributed by atoms with E-state index < -0.39 is 0 Å². The van der Waals surface area contributed by atoms with Crippen LogP contribution in [0.25, 0.3) is 22.6 Å². The number of anilines is 2. The van der Waals surface area contributed by atoms with Crippen LogP contribution in [0.4, 0.5) is 11.6 Å². The fourth-order valence-electron chi connectivity index (χ4n) is 2.63. The summed E-state index contributed by atoms with van der Waals surface area (Å²) in [6.07, 6.45) is 2.91. The maximum atomic E-state index is 9.03. The van der Waals surface area contributed by atoms with Gasteiger partial charge in [0.25, 0.3) is 0 Å². The van der Waals surface area contributed by atoms with Gasteiger partial charge in [0.15, 0.2) is 11.5 Å². The molecule has 0 amide bonds. The number of imidazole rings is 1. The lowest BCUT2D eigenvalue weighted by molar-refractivity contribution is 1.18. The number of hydrogen-bond acceptors (Lipinski definition) is 6. The average molecular weight is 396 g/mol. The molecule has 0 fully saturated rings. The zero-order valence-corrected chi connectivity index (χ0v) is 15.5. The zero-order chi connectivity index (χ0) is 19.0. The molecule has 2 N–H and O–H groups in total. The second-order valence-corrected chi connectivity index (χ2v) is 6.54. The summed E-state index contributed by atoms with van der Waals surface area (Å²) in [5.74, 6) is 1.55. The molecule has 0 aliphatic heterocycles. The third-order valence-corrected chi connectivity index (χ3v) is 4.60. The van der Waals surface area contributed by atoms with Gasteiger partial charge in [-0.15, -0.1) is 0 Å². The summed E-state index contributed by atoms with van der Waals surface area (Å²) in [6, 6.07) is 9.11. The summed E-state index contributed by atoms with van der Waals surface area (Å²) in [6.45, 7) is 1.84. The van der Waals surface area contributed by atoms with E-state index in [9.17, 15) is 0 Å². The normalized spacial score (nSPS) is 10.7. The Bertz CT molecular complexity index is 1190. The van der Waals surface area contributed by atoms with Gasteiger partial charge in [0.05, 0.1) is 21.2 Å². The van der Waals surface area contributed by atoms with Crippen LogP contribution in [0.1, 0.15) is 11.1 Å². The summed E-state index contributed by atoms with van der Waals surface area (Å²) in [7, 11) is 0. The van der Waals surface area contributed by atoms with Gasteiger partial charge in [-0.25, -0.2) is 19.9 Å². The maximum absolute atomic E-state index is 9.03. The van der Waals surface area contributed by atoms with Crippen molar-refractivity contribution in [2.45, 2.75) is 6.92 Å². The third kappa shape index (κ3) is 3.16. The Morgan fingerprint density at radius 3 is 2.63 bits per heavy atom. The van der Waals surface area contributed by atoms with E-state index in [4.69, 9.17) is 28.5 Å². The van der Waals surface area contributed by atoms with E-state index in [0.29, 0.717) is 49.8 Å². The Morgan fingerprint density at radius 1 is 1.15 bits per heavy atom. The summed E-state index contributed by atoms with van der Waals surface area (Å²) in [4.78, 5) is 20.3. The molecule has 132 valence electrons. The first-order valence-electron chi connectivity index (χ1n) is 7.85. The smallest absolute Gasteiger partial charge is 0.183 e. The Kier molecular flexibility index (Phi) is 4.36. The molecule has 0 unspecified atom stereocenters. The van der Waals surface area contributed by atoms with Crippen molar-refractivity contribution in [3.05, 3.63) is 58.0 Å². The molecular formula is C18H11Cl2N7. The molecule has 9 heteroatoms. The quantitative estimate of drug-likeness (QED) is 0.523. The van der Waals surface area contributed by atoms with Crippen LogP contribution in [-0.4, -0.2) is 24.9 Å². The number of nitrogens with one attached hydrogen (secondary N) is 2. The largest absolute Gasteiger partial charge is 0.333 e. The van der Waals surface area contributed by atoms with E-state index in [1.54, 1.807) is 24.3 Å². The van der Waals surface area contributed by atoms with Crippen LogP contribution in [0.5, 0.6) is 0 Å². The summed E-state index contributed by atoms with van der Waals surface area (Å²) < 4.78 is 0. The van der Waals surface area contributed by atoms with E-state index >= 15 is 0 Å². The molecule has 0 aliphatic rings. The number of aromatic nitrogens is 5. The van der Waals surface area contributed by atoms with Gasteiger partial charge in [-0.05, 0) is 30.7 Å². The highest BCUT2D eigenvalue weighted by atomic mass is 35.5. The molecule has 0 aliphatic carbocycles. The van der Waals surface area contributed by atoms with Crippen LogP contribution in [0.2, 0.25) is 10.0 Å². The first-order chi connectivity index (χ1) is 13.1. The topological polar surface area (TPSA) is 103 Å². The predicted molar refractivity (Wildman–Crippen MR) is 104 cm³/mol. The Morgan fingerprint density at radius 2 is 1.93 bits per heavy atom. The second kappa shape index (κ2) is 6.83. The van der Waals surface area contributed by atoms with E-state index in [1.807, 2.05) is 6.92 Å². The minimum atomic E-state index is 0.462. The highest BCUT2D eigenvalue weighted by Crippen LogP contribution is 2.34. The first kappa shape index (κ1) is 17.2. The Balaban J connectivity index is 1.78. The molecule has 0 spiro atoms. The zero-order valence-electron chi connectivity index (χ0n) is 14.0. The fraction of sp³-hybridized carbons (Fsp3) is 0.0556. The highest BCUT2D eigenvalue weighted by Gasteiger charge is 2.16. The molecule has 0 bridgehead atoms. The number of aromatic amines is 1. The number of rotatable bonds is 3. The maximum Gasteiger partial charge on any atom is 0.183 e. The van der Waals surface area contributed by atoms with E-state index in [2.05, 4.69) is 36.3 Å². The molecule has 3 heterocycles. The highest BCUT2D eigenvalue weighted by molar-refractivity contribution is 6.39. The summed E-state index contributed by atoms with van der Waals surface area (Å²) >= 11 is 12.5. The van der Waals surface area contributed by atoms with Crippen molar-refractivity contribution < 1.29 is 0 Å². The lowest BCUT2D eigenvalue weighted by atomic mass is 10.2. The van der Waals surface area contributed by atoms with E-state index in [-0.39, 0.29) is 0 Å². The second-order valence-electron chi connectivity index (χ2n) is 5.72. The van der Waals surface area contributed by atoms with Gasteiger partial charge in [0.1, 0.15) is 29.6 Å². The van der Waals surface area contributed by atoms with Crippen LogP contribution >= 0.6 is 23.2 Å². The number of H-pyrrole nitrogens is 1. The van der Waals surface area contributed by atoms with Gasteiger partial charge in [0.2, 0.25) is 0 Å². The van der Waals surface area contributed by atoms with Crippen LogP contribution in [0, 0.1) is 18.3 Å². The van der Waals surface area contributed by atoms with E-state index in [0.717, 1.165) is 5.56 Å². The van der Waals surface area contributed by atoms with E-state index in [1.165, 1.54) is 12.5 Å². The molecule has 1 aromatic carbocycles. The number of pyridine rings is 1. The van der Waals surface area contributed by atoms with Crippen molar-refractivity contribution in [1.82, 2.24) is 24.9 Å². The van der Waals surface area contributed by atoms with Gasteiger partial charge in [-0.2, -0.15) is 5.26 Å². The minimum Gasteiger partial charge on any atom is -0.333 e. The number of benzene rings is 1. The number of nitrogens with zero attached hydrogens (tertiary/aromatic N) is 5. The van der Waals surface area contributed by atoms with Crippen LogP contribution < -0.4 is 5.32 Å². The third-order valence-electron chi connectivity index (χ3n) is 3.97. The van der Waals surface area contributed by atoms with Gasteiger partial charge >= 0.3 is 0 Å². The molecule has 7 nitrogen and oxygen atoms in total. The summed E-state index contributed by atoms with van der Waals surface area (Å²) in [5, 5.41) is 13.1. The molecule has 3 aromatic heterocycles. The molecule has 0 atom stereocenters. The van der Waals surface area contributed by atoms with Crippen LogP contribution in [-0.2, 0) is 0 Å². The van der Waals surface area contributed by atoms with Crippen molar-refractivity contribution in [3.63, 3.8) is 0 Å². The van der Waals surface area contributed by atoms with Gasteiger partial charge in [-0.1, -0.05) is 29.3 Å². The average Bonchev–Trinajstić information content (AvgIpc) is 3.06. The Labute approximate surface area is 164 Å².